The van der Waals surface area contributed by atoms with Crippen LogP contribution >= 0.6 is 11.8 Å². The number of unbranched alkanes of at least 4 members (excludes halogenated alkanes) is 1. The van der Waals surface area contributed by atoms with Crippen LogP contribution in [0.15, 0.2) is 0 Å². The number of rotatable bonds is 4. The Labute approximate surface area is 73.5 Å². The van der Waals surface area contributed by atoms with Crippen LogP contribution in [0.3, 0.4) is 0 Å². The second-order valence-electron chi connectivity index (χ2n) is 2.73. The van der Waals surface area contributed by atoms with Crippen molar-refractivity contribution in [2.75, 3.05) is 25.4 Å². The molecule has 1 radical (unpaired) electrons. The van der Waals surface area contributed by atoms with Crippen molar-refractivity contribution in [2.24, 2.45) is 0 Å². The average Bonchev–Trinajstić information content (AvgIpc) is 2.07. The fraction of sp³-hybridized carbons (Fsp3) is 0.875. The highest BCUT2D eigenvalue weighted by atomic mass is 32.2. The molecule has 2 N–H and O–H groups in total. The van der Waals surface area contributed by atoms with Gasteiger partial charge in [-0.05, 0) is 13.0 Å². The van der Waals surface area contributed by atoms with E-state index in [2.05, 4.69) is 17.6 Å². The van der Waals surface area contributed by atoms with Crippen molar-refractivity contribution in [1.82, 2.24) is 10.6 Å². The van der Waals surface area contributed by atoms with E-state index in [1.54, 1.807) is 0 Å². The summed E-state index contributed by atoms with van der Waals surface area (Å²) in [6.45, 7) is 5.57. The van der Waals surface area contributed by atoms with Gasteiger partial charge >= 0.3 is 0 Å². The summed E-state index contributed by atoms with van der Waals surface area (Å²) in [7, 11) is 0. The zero-order valence-electron chi connectivity index (χ0n) is 7.15. The molecule has 65 valence electrons. The van der Waals surface area contributed by atoms with Crippen LogP contribution in [0.4, 0.5) is 0 Å². The molecule has 1 aliphatic heterocycles. The number of hydrogen-bond acceptors (Lipinski definition) is 3. The minimum Gasteiger partial charge on any atom is -0.313 e. The van der Waals surface area contributed by atoms with Crippen LogP contribution in [0.1, 0.15) is 19.8 Å². The molecule has 2 nitrogen and oxygen atoms in total. The Morgan fingerprint density at radius 2 is 2.55 bits per heavy atom. The minimum absolute atomic E-state index is 1.05. The summed E-state index contributed by atoms with van der Waals surface area (Å²) < 4.78 is 0. The van der Waals surface area contributed by atoms with E-state index in [0.29, 0.717) is 0 Å². The second kappa shape index (κ2) is 5.86. The van der Waals surface area contributed by atoms with Gasteiger partial charge in [0.1, 0.15) is 5.37 Å². The molecule has 0 atom stereocenters. The Kier molecular flexibility index (Phi) is 4.99. The van der Waals surface area contributed by atoms with E-state index in [1.165, 1.54) is 24.0 Å². The molecule has 0 unspecified atom stereocenters. The van der Waals surface area contributed by atoms with Gasteiger partial charge in [-0.2, -0.15) is 0 Å². The molecule has 1 saturated heterocycles. The molecule has 0 aromatic rings. The van der Waals surface area contributed by atoms with Gasteiger partial charge in [-0.3, -0.25) is 5.32 Å². The first-order valence-electron chi connectivity index (χ1n) is 4.36. The molecule has 0 saturated carbocycles. The lowest BCUT2D eigenvalue weighted by molar-refractivity contribution is 0.635. The lowest BCUT2D eigenvalue weighted by Gasteiger charge is -2.22. The highest BCUT2D eigenvalue weighted by molar-refractivity contribution is 8.02. The smallest absolute Gasteiger partial charge is 0.106 e. The van der Waals surface area contributed by atoms with Gasteiger partial charge in [-0.15, -0.1) is 11.8 Å². The minimum atomic E-state index is 1.05. The standard InChI is InChI=1S/C8H17N2S/c1-2-3-4-10-8-7-9-5-6-11-8/h9-10H,2-7H2,1H3. The molecule has 1 rings (SSSR count). The van der Waals surface area contributed by atoms with E-state index >= 15 is 0 Å². The van der Waals surface area contributed by atoms with Gasteiger partial charge in [0.25, 0.3) is 0 Å². The quantitative estimate of drug-likeness (QED) is 0.625. The predicted molar refractivity (Wildman–Crippen MR) is 51.5 cm³/mol. The molecule has 0 aromatic carbocycles. The SMILES string of the molecule is CCCCN[C]1CNCCS1. The summed E-state index contributed by atoms with van der Waals surface area (Å²) >= 11 is 1.96. The molecular weight excluding hydrogens is 156 g/mol. The Hall–Kier alpha value is 0.270. The second-order valence-corrected chi connectivity index (χ2v) is 3.92. The van der Waals surface area contributed by atoms with Gasteiger partial charge in [-0.1, -0.05) is 13.3 Å². The van der Waals surface area contributed by atoms with Crippen molar-refractivity contribution in [3.05, 3.63) is 5.37 Å². The first-order valence-corrected chi connectivity index (χ1v) is 5.35. The van der Waals surface area contributed by atoms with Crippen LogP contribution in [-0.2, 0) is 0 Å². The van der Waals surface area contributed by atoms with Crippen LogP contribution in [0, 0.1) is 5.37 Å². The normalized spacial score (nSPS) is 20.5. The van der Waals surface area contributed by atoms with E-state index in [4.69, 9.17) is 0 Å². The maximum Gasteiger partial charge on any atom is 0.106 e. The molecule has 3 heteroatoms. The number of nitrogens with one attached hydrogen (secondary N) is 2. The summed E-state index contributed by atoms with van der Waals surface area (Å²) in [4.78, 5) is 0. The lowest BCUT2D eigenvalue weighted by Crippen LogP contribution is -2.36. The summed E-state index contributed by atoms with van der Waals surface area (Å²) in [5.41, 5.74) is 0. The molecule has 0 spiro atoms. The van der Waals surface area contributed by atoms with Gasteiger partial charge in [0.05, 0.1) is 0 Å². The topological polar surface area (TPSA) is 24.1 Å². The molecule has 1 heterocycles. The lowest BCUT2D eigenvalue weighted by atomic mass is 10.3. The van der Waals surface area contributed by atoms with E-state index < -0.39 is 0 Å². The average molecular weight is 173 g/mol. The highest BCUT2D eigenvalue weighted by Crippen LogP contribution is 2.17. The third-order valence-corrected chi connectivity index (χ3v) is 2.74. The first-order chi connectivity index (χ1) is 5.43. The number of hydrogen-bond donors (Lipinski definition) is 2. The van der Waals surface area contributed by atoms with Gasteiger partial charge < -0.3 is 5.32 Å². The van der Waals surface area contributed by atoms with E-state index in [-0.39, 0.29) is 0 Å². The Morgan fingerprint density at radius 1 is 1.64 bits per heavy atom. The maximum absolute atomic E-state index is 3.44. The maximum atomic E-state index is 3.44. The Balaban J connectivity index is 1.96. The monoisotopic (exact) mass is 173 g/mol. The van der Waals surface area contributed by atoms with Crippen molar-refractivity contribution in [3.8, 4) is 0 Å². The predicted octanol–water partition coefficient (Wildman–Crippen LogP) is 1.20. The summed E-state index contributed by atoms with van der Waals surface area (Å²) in [5, 5.41) is 8.20. The van der Waals surface area contributed by atoms with Crippen LogP contribution < -0.4 is 10.6 Å². The summed E-state index contributed by atoms with van der Waals surface area (Å²) in [5.74, 6) is 1.22. The molecule has 0 bridgehead atoms. The van der Waals surface area contributed by atoms with Crippen molar-refractivity contribution in [2.45, 2.75) is 19.8 Å². The van der Waals surface area contributed by atoms with Crippen molar-refractivity contribution < 1.29 is 0 Å². The third kappa shape index (κ3) is 3.99. The first kappa shape index (κ1) is 9.36. The zero-order valence-corrected chi connectivity index (χ0v) is 7.97. The molecule has 1 aliphatic rings. The molecule has 11 heavy (non-hydrogen) atoms. The van der Waals surface area contributed by atoms with Crippen molar-refractivity contribution in [3.63, 3.8) is 0 Å². The van der Waals surface area contributed by atoms with Crippen molar-refractivity contribution in [1.29, 1.82) is 0 Å². The largest absolute Gasteiger partial charge is 0.313 e. The van der Waals surface area contributed by atoms with E-state index in [9.17, 15) is 0 Å². The van der Waals surface area contributed by atoms with Gasteiger partial charge in [-0.25, -0.2) is 0 Å². The van der Waals surface area contributed by atoms with Crippen LogP contribution in [0.5, 0.6) is 0 Å². The van der Waals surface area contributed by atoms with Crippen LogP contribution in [-0.4, -0.2) is 25.4 Å². The Bertz CT molecular complexity index is 92.1. The van der Waals surface area contributed by atoms with Crippen LogP contribution in [0.2, 0.25) is 0 Å². The fourth-order valence-corrected chi connectivity index (χ4v) is 1.92. The summed E-state index contributed by atoms with van der Waals surface area (Å²) in [6.07, 6.45) is 2.56. The highest BCUT2D eigenvalue weighted by Gasteiger charge is 2.12. The fourth-order valence-electron chi connectivity index (χ4n) is 1.02. The number of thioether (sulfide) groups is 1. The Morgan fingerprint density at radius 3 is 3.18 bits per heavy atom. The van der Waals surface area contributed by atoms with Gasteiger partial charge in [0, 0.05) is 18.8 Å². The van der Waals surface area contributed by atoms with Gasteiger partial charge in [0.2, 0.25) is 0 Å². The van der Waals surface area contributed by atoms with Gasteiger partial charge in [0.15, 0.2) is 0 Å². The zero-order chi connectivity index (χ0) is 7.94. The third-order valence-electron chi connectivity index (χ3n) is 1.69. The molecule has 0 aliphatic carbocycles. The molecular formula is C8H17N2S. The van der Waals surface area contributed by atoms with Crippen molar-refractivity contribution >= 4 is 11.8 Å². The summed E-state index contributed by atoms with van der Waals surface area (Å²) in [6, 6.07) is 0. The molecule has 0 amide bonds. The molecule has 0 aromatic heterocycles. The van der Waals surface area contributed by atoms with E-state index in [0.717, 1.165) is 19.6 Å². The molecule has 1 fully saturated rings. The van der Waals surface area contributed by atoms with E-state index in [1.807, 2.05) is 11.8 Å². The van der Waals surface area contributed by atoms with Crippen LogP contribution in [0.25, 0.3) is 0 Å².